The molecule has 0 aliphatic rings. The number of aromatic nitrogens is 1. The summed E-state index contributed by atoms with van der Waals surface area (Å²) < 4.78 is 6.26. The van der Waals surface area contributed by atoms with Crippen molar-refractivity contribution in [2.24, 2.45) is 0 Å². The van der Waals surface area contributed by atoms with Gasteiger partial charge in [0.1, 0.15) is 16.1 Å². The summed E-state index contributed by atoms with van der Waals surface area (Å²) in [6.07, 6.45) is 1.74. The number of hydrogen-bond donors (Lipinski definition) is 1. The third kappa shape index (κ3) is 2.59. The minimum absolute atomic E-state index is 0.665. The van der Waals surface area contributed by atoms with Gasteiger partial charge in [-0.05, 0) is 47.1 Å². The van der Waals surface area contributed by atoms with Gasteiger partial charge in [0.2, 0.25) is 0 Å². The first kappa shape index (κ1) is 10.2. The SMILES string of the molecule is Cc1ccc(CNc2cccnc2Br)o1. The van der Waals surface area contributed by atoms with E-state index in [1.807, 2.05) is 31.2 Å². The molecule has 0 fully saturated rings. The van der Waals surface area contributed by atoms with Gasteiger partial charge in [0, 0.05) is 6.20 Å². The predicted octanol–water partition coefficient (Wildman–Crippen LogP) is 3.36. The first-order valence-corrected chi connectivity index (χ1v) is 5.45. The normalized spacial score (nSPS) is 10.3. The van der Waals surface area contributed by atoms with Crippen molar-refractivity contribution in [1.82, 2.24) is 4.98 Å². The van der Waals surface area contributed by atoms with Crippen molar-refractivity contribution >= 4 is 21.6 Å². The molecule has 0 aromatic carbocycles. The molecule has 15 heavy (non-hydrogen) atoms. The molecule has 2 aromatic rings. The molecule has 2 rings (SSSR count). The summed E-state index contributed by atoms with van der Waals surface area (Å²) >= 11 is 3.37. The highest BCUT2D eigenvalue weighted by molar-refractivity contribution is 9.10. The zero-order valence-electron chi connectivity index (χ0n) is 8.33. The highest BCUT2D eigenvalue weighted by atomic mass is 79.9. The molecule has 3 nitrogen and oxygen atoms in total. The number of anilines is 1. The molecule has 0 amide bonds. The van der Waals surface area contributed by atoms with E-state index in [0.29, 0.717) is 6.54 Å². The van der Waals surface area contributed by atoms with Gasteiger partial charge in [-0.1, -0.05) is 0 Å². The number of rotatable bonds is 3. The molecule has 0 spiro atoms. The highest BCUT2D eigenvalue weighted by Gasteiger charge is 2.01. The monoisotopic (exact) mass is 266 g/mol. The number of nitrogens with one attached hydrogen (secondary N) is 1. The van der Waals surface area contributed by atoms with Crippen molar-refractivity contribution < 1.29 is 4.42 Å². The highest BCUT2D eigenvalue weighted by Crippen LogP contribution is 2.19. The van der Waals surface area contributed by atoms with E-state index in [0.717, 1.165) is 21.8 Å². The van der Waals surface area contributed by atoms with Crippen molar-refractivity contribution in [1.29, 1.82) is 0 Å². The van der Waals surface area contributed by atoms with E-state index in [4.69, 9.17) is 4.42 Å². The molecular weight excluding hydrogens is 256 g/mol. The van der Waals surface area contributed by atoms with Gasteiger partial charge in [0.25, 0.3) is 0 Å². The van der Waals surface area contributed by atoms with Gasteiger partial charge in [-0.25, -0.2) is 4.98 Å². The number of aryl methyl sites for hydroxylation is 1. The molecule has 1 N–H and O–H groups in total. The Bertz CT molecular complexity index is 453. The van der Waals surface area contributed by atoms with Crippen LogP contribution in [0, 0.1) is 6.92 Å². The second-order valence-corrected chi connectivity index (χ2v) is 3.96. The number of hydrogen-bond acceptors (Lipinski definition) is 3. The fourth-order valence-corrected chi connectivity index (χ4v) is 1.67. The second kappa shape index (κ2) is 4.49. The van der Waals surface area contributed by atoms with E-state index >= 15 is 0 Å². The standard InChI is InChI=1S/C11H11BrN2O/c1-8-4-5-9(15-8)7-14-10-3-2-6-13-11(10)12/h2-6,14H,7H2,1H3. The maximum absolute atomic E-state index is 5.45. The molecule has 0 bridgehead atoms. The van der Waals surface area contributed by atoms with Crippen LogP contribution in [-0.4, -0.2) is 4.98 Å². The Labute approximate surface area is 96.6 Å². The largest absolute Gasteiger partial charge is 0.465 e. The lowest BCUT2D eigenvalue weighted by molar-refractivity contribution is 0.490. The molecule has 0 aliphatic heterocycles. The van der Waals surface area contributed by atoms with Crippen molar-refractivity contribution in [3.05, 3.63) is 46.6 Å². The van der Waals surface area contributed by atoms with Gasteiger partial charge in [-0.15, -0.1) is 0 Å². The number of furan rings is 1. The lowest BCUT2D eigenvalue weighted by atomic mass is 10.4. The Morgan fingerprint density at radius 3 is 2.93 bits per heavy atom. The molecule has 2 aromatic heterocycles. The lowest BCUT2D eigenvalue weighted by Gasteiger charge is -2.05. The smallest absolute Gasteiger partial charge is 0.129 e. The van der Waals surface area contributed by atoms with E-state index < -0.39 is 0 Å². The number of pyridine rings is 1. The average molecular weight is 267 g/mol. The summed E-state index contributed by atoms with van der Waals surface area (Å²) in [5, 5.41) is 3.24. The molecule has 0 aliphatic carbocycles. The van der Waals surface area contributed by atoms with E-state index in [1.54, 1.807) is 6.20 Å². The molecule has 4 heteroatoms. The molecule has 0 saturated heterocycles. The van der Waals surface area contributed by atoms with Crippen LogP contribution in [0.15, 0.2) is 39.5 Å². The minimum atomic E-state index is 0.665. The average Bonchev–Trinajstić information content (AvgIpc) is 2.63. The van der Waals surface area contributed by atoms with E-state index in [1.165, 1.54) is 0 Å². The van der Waals surface area contributed by atoms with Crippen LogP contribution in [0.25, 0.3) is 0 Å². The second-order valence-electron chi connectivity index (χ2n) is 3.21. The van der Waals surface area contributed by atoms with E-state index in [9.17, 15) is 0 Å². The summed E-state index contributed by atoms with van der Waals surface area (Å²) in [6, 6.07) is 7.77. The molecule has 2 heterocycles. The predicted molar refractivity (Wildman–Crippen MR) is 62.7 cm³/mol. The van der Waals surface area contributed by atoms with Gasteiger partial charge in [0.15, 0.2) is 0 Å². The zero-order valence-corrected chi connectivity index (χ0v) is 9.91. The maximum Gasteiger partial charge on any atom is 0.129 e. The molecule has 0 saturated carbocycles. The van der Waals surface area contributed by atoms with E-state index in [2.05, 4.69) is 26.2 Å². The lowest BCUT2D eigenvalue weighted by Crippen LogP contribution is -1.99. The van der Waals surface area contributed by atoms with Gasteiger partial charge in [-0.2, -0.15) is 0 Å². The van der Waals surface area contributed by atoms with Crippen LogP contribution in [0.4, 0.5) is 5.69 Å². The van der Waals surface area contributed by atoms with Crippen molar-refractivity contribution in [3.63, 3.8) is 0 Å². The fourth-order valence-electron chi connectivity index (χ4n) is 1.28. The van der Waals surface area contributed by atoms with Crippen molar-refractivity contribution in [3.8, 4) is 0 Å². The third-order valence-electron chi connectivity index (χ3n) is 2.01. The summed E-state index contributed by atoms with van der Waals surface area (Å²) in [7, 11) is 0. The first-order valence-electron chi connectivity index (χ1n) is 4.65. The van der Waals surface area contributed by atoms with Crippen LogP contribution >= 0.6 is 15.9 Å². The summed E-state index contributed by atoms with van der Waals surface area (Å²) in [4.78, 5) is 4.12. The van der Waals surface area contributed by atoms with Crippen LogP contribution in [-0.2, 0) is 6.54 Å². The third-order valence-corrected chi connectivity index (χ3v) is 2.64. The van der Waals surface area contributed by atoms with E-state index in [-0.39, 0.29) is 0 Å². The Balaban J connectivity index is 2.02. The Hall–Kier alpha value is -1.29. The van der Waals surface area contributed by atoms with Crippen LogP contribution in [0.5, 0.6) is 0 Å². The quantitative estimate of drug-likeness (QED) is 0.866. The Kier molecular flexibility index (Phi) is 3.06. The van der Waals surface area contributed by atoms with Crippen LogP contribution in [0.3, 0.4) is 0 Å². The molecule has 0 radical (unpaired) electrons. The Morgan fingerprint density at radius 1 is 1.40 bits per heavy atom. The molecule has 0 unspecified atom stereocenters. The Morgan fingerprint density at radius 2 is 2.27 bits per heavy atom. The van der Waals surface area contributed by atoms with Crippen LogP contribution < -0.4 is 5.32 Å². The molecular formula is C11H11BrN2O. The summed E-state index contributed by atoms with van der Waals surface area (Å²) in [6.45, 7) is 2.60. The van der Waals surface area contributed by atoms with Gasteiger partial charge in [-0.3, -0.25) is 0 Å². The molecule has 78 valence electrons. The summed E-state index contributed by atoms with van der Waals surface area (Å²) in [5.74, 6) is 1.85. The van der Waals surface area contributed by atoms with Crippen molar-refractivity contribution in [2.75, 3.05) is 5.32 Å². The van der Waals surface area contributed by atoms with Gasteiger partial charge < -0.3 is 9.73 Å². The number of nitrogens with zero attached hydrogens (tertiary/aromatic N) is 1. The molecule has 0 atom stereocenters. The van der Waals surface area contributed by atoms with Gasteiger partial charge in [0.05, 0.1) is 12.2 Å². The van der Waals surface area contributed by atoms with Crippen LogP contribution in [0.1, 0.15) is 11.5 Å². The summed E-state index contributed by atoms with van der Waals surface area (Å²) in [5.41, 5.74) is 0.964. The number of halogens is 1. The zero-order chi connectivity index (χ0) is 10.7. The van der Waals surface area contributed by atoms with Gasteiger partial charge >= 0.3 is 0 Å². The maximum atomic E-state index is 5.45. The minimum Gasteiger partial charge on any atom is -0.465 e. The fraction of sp³-hybridized carbons (Fsp3) is 0.182. The van der Waals surface area contributed by atoms with Crippen molar-refractivity contribution in [2.45, 2.75) is 13.5 Å². The van der Waals surface area contributed by atoms with Crippen LogP contribution in [0.2, 0.25) is 0 Å². The topological polar surface area (TPSA) is 38.1 Å². The first-order chi connectivity index (χ1) is 7.25.